The second-order valence-electron chi connectivity index (χ2n) is 7.24. The molecule has 0 bridgehead atoms. The van der Waals surface area contributed by atoms with Crippen LogP contribution in [0.5, 0.6) is 0 Å². The molecule has 134 valence electrons. The van der Waals surface area contributed by atoms with Crippen molar-refractivity contribution in [1.29, 1.82) is 0 Å². The summed E-state index contributed by atoms with van der Waals surface area (Å²) in [5, 5.41) is 0. The molecule has 0 N–H and O–H groups in total. The van der Waals surface area contributed by atoms with E-state index in [0.29, 0.717) is 11.8 Å². The zero-order valence-corrected chi connectivity index (χ0v) is 15.5. The van der Waals surface area contributed by atoms with E-state index < -0.39 is 0 Å². The first-order valence-corrected chi connectivity index (χ1v) is 9.77. The maximum atomic E-state index is 12.9. The largest absolute Gasteiger partial charge is 0.207 e. The van der Waals surface area contributed by atoms with Crippen molar-refractivity contribution in [2.45, 2.75) is 51.4 Å². The number of halogens is 1. The highest BCUT2D eigenvalue weighted by Gasteiger charge is 2.20. The van der Waals surface area contributed by atoms with Crippen molar-refractivity contribution in [2.75, 3.05) is 0 Å². The Labute approximate surface area is 157 Å². The van der Waals surface area contributed by atoms with Crippen molar-refractivity contribution in [1.82, 2.24) is 0 Å². The van der Waals surface area contributed by atoms with Gasteiger partial charge in [0.1, 0.15) is 5.82 Å². The van der Waals surface area contributed by atoms with Gasteiger partial charge in [0.15, 0.2) is 0 Å². The quantitative estimate of drug-likeness (QED) is 0.543. The van der Waals surface area contributed by atoms with Crippen LogP contribution >= 0.6 is 0 Å². The lowest BCUT2D eigenvalue weighted by Gasteiger charge is -2.27. The van der Waals surface area contributed by atoms with E-state index in [4.69, 9.17) is 0 Å². The van der Waals surface area contributed by atoms with Crippen molar-refractivity contribution in [2.24, 2.45) is 5.92 Å². The van der Waals surface area contributed by atoms with Crippen LogP contribution in [0, 0.1) is 23.6 Å². The summed E-state index contributed by atoms with van der Waals surface area (Å²) < 4.78 is 12.9. The highest BCUT2D eigenvalue weighted by Crippen LogP contribution is 2.36. The maximum Gasteiger partial charge on any atom is 0.123 e. The molecular weight excluding hydrogens is 319 g/mol. The van der Waals surface area contributed by atoms with Crippen LogP contribution in [0.15, 0.2) is 60.7 Å². The average Bonchev–Trinajstić information content (AvgIpc) is 2.68. The average molecular weight is 346 g/mol. The van der Waals surface area contributed by atoms with Crippen LogP contribution < -0.4 is 0 Å². The Bertz CT molecular complexity index is 764. The van der Waals surface area contributed by atoms with Gasteiger partial charge in [-0.15, -0.1) is 0 Å². The summed E-state index contributed by atoms with van der Waals surface area (Å²) >= 11 is 0. The van der Waals surface area contributed by atoms with Crippen LogP contribution in [-0.2, 0) is 6.42 Å². The van der Waals surface area contributed by atoms with Gasteiger partial charge in [0.2, 0.25) is 0 Å². The van der Waals surface area contributed by atoms with Gasteiger partial charge in [-0.1, -0.05) is 55.5 Å². The van der Waals surface area contributed by atoms with Crippen LogP contribution in [0.3, 0.4) is 0 Å². The van der Waals surface area contributed by atoms with Crippen LogP contribution in [0.25, 0.3) is 0 Å². The molecule has 3 rings (SSSR count). The fourth-order valence-corrected chi connectivity index (χ4v) is 3.73. The molecule has 0 radical (unpaired) electrons. The Morgan fingerprint density at radius 2 is 1.65 bits per heavy atom. The second-order valence-corrected chi connectivity index (χ2v) is 7.24. The first kappa shape index (κ1) is 18.5. The number of benzene rings is 2. The van der Waals surface area contributed by atoms with Crippen LogP contribution in [0.1, 0.15) is 61.6 Å². The molecule has 0 amide bonds. The van der Waals surface area contributed by atoms with Crippen molar-refractivity contribution in [3.8, 4) is 11.8 Å². The summed E-state index contributed by atoms with van der Waals surface area (Å²) in [6, 6.07) is 15.6. The maximum absolute atomic E-state index is 12.9. The molecule has 2 aromatic carbocycles. The van der Waals surface area contributed by atoms with Crippen molar-refractivity contribution >= 4 is 0 Å². The predicted molar refractivity (Wildman–Crippen MR) is 108 cm³/mol. The molecule has 0 unspecified atom stereocenters. The molecular formula is C25H27F. The van der Waals surface area contributed by atoms with E-state index in [1.165, 1.54) is 61.8 Å². The third-order valence-corrected chi connectivity index (χ3v) is 5.27. The Morgan fingerprint density at radius 3 is 2.31 bits per heavy atom. The lowest BCUT2D eigenvalue weighted by Crippen LogP contribution is -2.11. The zero-order valence-electron chi connectivity index (χ0n) is 15.5. The first-order valence-electron chi connectivity index (χ1n) is 9.77. The van der Waals surface area contributed by atoms with Crippen molar-refractivity contribution in [3.05, 3.63) is 83.2 Å². The Balaban J connectivity index is 1.48. The van der Waals surface area contributed by atoms with Gasteiger partial charge in [0.25, 0.3) is 0 Å². The van der Waals surface area contributed by atoms with Gasteiger partial charge in [0, 0.05) is 5.56 Å². The Hall–Kier alpha value is -2.33. The van der Waals surface area contributed by atoms with E-state index in [1.807, 2.05) is 6.08 Å². The summed E-state index contributed by atoms with van der Waals surface area (Å²) in [7, 11) is 0. The van der Waals surface area contributed by atoms with Gasteiger partial charge < -0.3 is 0 Å². The van der Waals surface area contributed by atoms with E-state index in [9.17, 15) is 4.39 Å². The number of hydrogen-bond donors (Lipinski definition) is 0. The molecule has 0 saturated heterocycles. The molecule has 0 heterocycles. The standard InChI is InChI=1S/C25H27F/c1-2-5-20-8-14-23(15-9-20)24-16-10-21(11-17-24)6-3-4-7-22-12-18-25(26)19-13-22/h3,6,8-9,12-15,18-19,21,24H,2,5,10-11,16-17H2,1H3. The SMILES string of the molecule is CCCc1ccc(C2CCC(C=CC#Cc3ccc(F)cc3)CC2)cc1. The molecule has 0 atom stereocenters. The van der Waals surface area contributed by atoms with E-state index >= 15 is 0 Å². The summed E-state index contributed by atoms with van der Waals surface area (Å²) in [6.07, 6.45) is 11.6. The van der Waals surface area contributed by atoms with E-state index in [1.54, 1.807) is 12.1 Å². The van der Waals surface area contributed by atoms with E-state index in [-0.39, 0.29) is 5.82 Å². The molecule has 1 aliphatic carbocycles. The third-order valence-electron chi connectivity index (χ3n) is 5.27. The summed E-state index contributed by atoms with van der Waals surface area (Å²) in [5.41, 5.74) is 3.81. The van der Waals surface area contributed by atoms with Gasteiger partial charge >= 0.3 is 0 Å². The van der Waals surface area contributed by atoms with Gasteiger partial charge in [0.05, 0.1) is 0 Å². The molecule has 0 spiro atoms. The minimum atomic E-state index is -0.220. The summed E-state index contributed by atoms with van der Waals surface area (Å²) in [5.74, 6) is 7.26. The second kappa shape index (κ2) is 9.39. The predicted octanol–water partition coefficient (Wildman–Crippen LogP) is 6.66. The molecule has 1 saturated carbocycles. The molecule has 26 heavy (non-hydrogen) atoms. The molecule has 0 aromatic heterocycles. The molecule has 1 heteroatoms. The van der Waals surface area contributed by atoms with Gasteiger partial charge in [-0.3, -0.25) is 0 Å². The summed E-state index contributed by atoms with van der Waals surface area (Å²) in [6.45, 7) is 2.23. The molecule has 1 fully saturated rings. The van der Waals surface area contributed by atoms with Crippen molar-refractivity contribution < 1.29 is 4.39 Å². The lowest BCUT2D eigenvalue weighted by molar-refractivity contribution is 0.376. The minimum Gasteiger partial charge on any atom is -0.207 e. The van der Waals surface area contributed by atoms with Crippen LogP contribution in [-0.4, -0.2) is 0 Å². The molecule has 0 aliphatic heterocycles. The monoisotopic (exact) mass is 346 g/mol. The Morgan fingerprint density at radius 1 is 0.962 bits per heavy atom. The smallest absolute Gasteiger partial charge is 0.123 e. The van der Waals surface area contributed by atoms with Gasteiger partial charge in [-0.05, 0) is 85.4 Å². The van der Waals surface area contributed by atoms with E-state index in [2.05, 4.69) is 49.1 Å². The Kier molecular flexibility index (Phi) is 6.67. The topological polar surface area (TPSA) is 0 Å². The van der Waals surface area contributed by atoms with Crippen molar-refractivity contribution in [3.63, 3.8) is 0 Å². The molecule has 2 aromatic rings. The lowest BCUT2D eigenvalue weighted by atomic mass is 9.78. The number of allylic oxidation sites excluding steroid dienone is 2. The number of rotatable bonds is 4. The molecule has 1 aliphatic rings. The molecule has 0 nitrogen and oxygen atoms in total. The first-order chi connectivity index (χ1) is 12.7. The zero-order chi connectivity index (χ0) is 18.2. The van der Waals surface area contributed by atoms with Crippen LogP contribution in [0.2, 0.25) is 0 Å². The highest BCUT2D eigenvalue weighted by atomic mass is 19.1. The fraction of sp³-hybridized carbons (Fsp3) is 0.360. The fourth-order valence-electron chi connectivity index (χ4n) is 3.73. The van der Waals surface area contributed by atoms with E-state index in [0.717, 1.165) is 5.56 Å². The summed E-state index contributed by atoms with van der Waals surface area (Å²) in [4.78, 5) is 0. The third kappa shape index (κ3) is 5.33. The number of hydrogen-bond acceptors (Lipinski definition) is 0. The number of aryl methyl sites for hydroxylation is 1. The minimum absolute atomic E-state index is 0.220. The van der Waals surface area contributed by atoms with Gasteiger partial charge in [-0.25, -0.2) is 4.39 Å². The normalized spacial score (nSPS) is 19.9. The highest BCUT2D eigenvalue weighted by molar-refractivity contribution is 5.37. The van der Waals surface area contributed by atoms with Crippen LogP contribution in [0.4, 0.5) is 4.39 Å². The van der Waals surface area contributed by atoms with Gasteiger partial charge in [-0.2, -0.15) is 0 Å².